The number of halogens is 2. The lowest BCUT2D eigenvalue weighted by atomic mass is 10.2. The van der Waals surface area contributed by atoms with Crippen LogP contribution < -0.4 is 5.32 Å². The maximum absolute atomic E-state index is 10.8. The highest BCUT2D eigenvalue weighted by atomic mass is 35.5. The molecule has 1 aromatic carbocycles. The second kappa shape index (κ2) is 5.92. The van der Waals surface area contributed by atoms with E-state index < -0.39 is 5.97 Å². The molecular formula is C11H5Cl2N3O2. The number of nitrogens with zero attached hydrogens (tertiary/aromatic N) is 2. The molecule has 0 amide bonds. The van der Waals surface area contributed by atoms with Crippen molar-refractivity contribution < 1.29 is 9.90 Å². The first-order valence-electron chi connectivity index (χ1n) is 4.48. The number of allylic oxidation sites excluding steroid dienone is 1. The summed E-state index contributed by atoms with van der Waals surface area (Å²) in [5.74, 6) is -1.17. The van der Waals surface area contributed by atoms with Gasteiger partial charge in [0, 0.05) is 6.20 Å². The average molecular weight is 282 g/mol. The van der Waals surface area contributed by atoms with Crippen molar-refractivity contribution in [3.05, 3.63) is 39.5 Å². The Morgan fingerprint density at radius 3 is 2.44 bits per heavy atom. The second-order valence-corrected chi connectivity index (χ2v) is 3.84. The van der Waals surface area contributed by atoms with E-state index in [1.165, 1.54) is 12.1 Å². The molecule has 0 spiro atoms. The van der Waals surface area contributed by atoms with Gasteiger partial charge < -0.3 is 10.4 Å². The number of aromatic carboxylic acids is 1. The Morgan fingerprint density at radius 2 is 1.94 bits per heavy atom. The van der Waals surface area contributed by atoms with Crippen molar-refractivity contribution >= 4 is 34.9 Å². The molecular weight excluding hydrogens is 277 g/mol. The van der Waals surface area contributed by atoms with Crippen LogP contribution in [0.1, 0.15) is 10.4 Å². The molecule has 2 N–H and O–H groups in total. The molecule has 0 aliphatic carbocycles. The Morgan fingerprint density at radius 1 is 1.33 bits per heavy atom. The first kappa shape index (κ1) is 13.9. The number of benzene rings is 1. The van der Waals surface area contributed by atoms with Crippen LogP contribution >= 0.6 is 23.2 Å². The summed E-state index contributed by atoms with van der Waals surface area (Å²) in [6, 6.07) is 5.73. The monoisotopic (exact) mass is 281 g/mol. The summed E-state index contributed by atoms with van der Waals surface area (Å²) in [6.07, 6.45) is 1.11. The molecule has 0 unspecified atom stereocenters. The van der Waals surface area contributed by atoms with Crippen LogP contribution in [0.2, 0.25) is 10.0 Å². The molecule has 18 heavy (non-hydrogen) atoms. The Hall–Kier alpha value is -2.21. The van der Waals surface area contributed by atoms with Gasteiger partial charge in [-0.1, -0.05) is 23.2 Å². The third-order valence-corrected chi connectivity index (χ3v) is 2.69. The van der Waals surface area contributed by atoms with Gasteiger partial charge in [0.15, 0.2) is 0 Å². The number of nitrogens with one attached hydrogen (secondary N) is 1. The minimum Gasteiger partial charge on any atom is -0.478 e. The zero-order valence-corrected chi connectivity index (χ0v) is 10.2. The van der Waals surface area contributed by atoms with Crippen molar-refractivity contribution in [1.82, 2.24) is 0 Å². The molecule has 1 rings (SSSR count). The van der Waals surface area contributed by atoms with E-state index in [1.54, 1.807) is 12.1 Å². The normalized spacial score (nSPS) is 8.89. The van der Waals surface area contributed by atoms with Crippen molar-refractivity contribution in [3.8, 4) is 12.1 Å². The predicted octanol–water partition coefficient (Wildman–Crippen LogP) is 3.03. The molecule has 0 saturated carbocycles. The lowest BCUT2D eigenvalue weighted by Gasteiger charge is -2.07. The summed E-state index contributed by atoms with van der Waals surface area (Å²) in [4.78, 5) is 10.8. The van der Waals surface area contributed by atoms with Crippen molar-refractivity contribution in [2.24, 2.45) is 0 Å². The van der Waals surface area contributed by atoms with E-state index in [0.717, 1.165) is 6.20 Å². The van der Waals surface area contributed by atoms with Crippen LogP contribution in [0.3, 0.4) is 0 Å². The third kappa shape index (κ3) is 3.14. The maximum Gasteiger partial charge on any atom is 0.335 e. The molecule has 0 aliphatic rings. The Balaban J connectivity index is 3.18. The highest BCUT2D eigenvalue weighted by Gasteiger charge is 2.11. The van der Waals surface area contributed by atoms with E-state index in [2.05, 4.69) is 5.32 Å². The van der Waals surface area contributed by atoms with Crippen molar-refractivity contribution in [1.29, 1.82) is 10.5 Å². The number of nitriles is 2. The molecule has 0 saturated heterocycles. The van der Waals surface area contributed by atoms with Crippen LogP contribution in [0.5, 0.6) is 0 Å². The molecule has 5 nitrogen and oxygen atoms in total. The number of hydrogen-bond donors (Lipinski definition) is 2. The topological polar surface area (TPSA) is 96.9 Å². The quantitative estimate of drug-likeness (QED) is 0.830. The number of anilines is 1. The predicted molar refractivity (Wildman–Crippen MR) is 66.4 cm³/mol. The zero-order valence-electron chi connectivity index (χ0n) is 8.74. The smallest absolute Gasteiger partial charge is 0.335 e. The molecule has 0 bridgehead atoms. The van der Waals surface area contributed by atoms with E-state index in [4.69, 9.17) is 38.8 Å². The van der Waals surface area contributed by atoms with Gasteiger partial charge in [-0.05, 0) is 12.1 Å². The lowest BCUT2D eigenvalue weighted by molar-refractivity contribution is 0.0697. The van der Waals surface area contributed by atoms with E-state index in [-0.39, 0.29) is 26.9 Å². The standard InChI is InChI=1S/C11H5Cl2N3O2/c12-8-1-7(11(17)18)2-9(10(8)13)16-5-6(3-14)4-15/h1-2,5,16H,(H,17,18). The molecule has 0 aromatic heterocycles. The summed E-state index contributed by atoms with van der Waals surface area (Å²) in [5.41, 5.74) is -0.0387. The molecule has 90 valence electrons. The Labute approximate surface area is 112 Å². The van der Waals surface area contributed by atoms with E-state index in [1.807, 2.05) is 0 Å². The van der Waals surface area contributed by atoms with E-state index >= 15 is 0 Å². The van der Waals surface area contributed by atoms with Crippen LogP contribution in [-0.4, -0.2) is 11.1 Å². The fourth-order valence-corrected chi connectivity index (χ4v) is 1.44. The summed E-state index contributed by atoms with van der Waals surface area (Å²) in [5, 5.41) is 28.6. The number of carboxylic acids is 1. The number of carboxylic acid groups (broad SMARTS) is 1. The Bertz CT molecular complexity index is 596. The van der Waals surface area contributed by atoms with Crippen LogP contribution in [0.15, 0.2) is 23.9 Å². The lowest BCUT2D eigenvalue weighted by Crippen LogP contribution is -1.99. The minimum absolute atomic E-state index is 0.0583. The van der Waals surface area contributed by atoms with Gasteiger partial charge in [0.25, 0.3) is 0 Å². The number of carbonyl (C=O) groups is 1. The van der Waals surface area contributed by atoms with Gasteiger partial charge in [0.1, 0.15) is 17.7 Å². The van der Waals surface area contributed by atoms with Gasteiger partial charge in [0.2, 0.25) is 0 Å². The molecule has 0 atom stereocenters. The van der Waals surface area contributed by atoms with Crippen LogP contribution in [0.25, 0.3) is 0 Å². The maximum atomic E-state index is 10.8. The third-order valence-electron chi connectivity index (χ3n) is 1.89. The highest BCUT2D eigenvalue weighted by Crippen LogP contribution is 2.31. The van der Waals surface area contributed by atoms with Gasteiger partial charge in [-0.25, -0.2) is 4.79 Å². The van der Waals surface area contributed by atoms with Crippen LogP contribution in [0, 0.1) is 22.7 Å². The van der Waals surface area contributed by atoms with Crippen molar-refractivity contribution in [2.45, 2.75) is 0 Å². The molecule has 7 heteroatoms. The number of rotatable bonds is 3. The SMILES string of the molecule is N#CC(C#N)=CNc1cc(C(=O)O)cc(Cl)c1Cl. The van der Waals surface area contributed by atoms with E-state index in [0.29, 0.717) is 0 Å². The van der Waals surface area contributed by atoms with Crippen LogP contribution in [-0.2, 0) is 0 Å². The van der Waals surface area contributed by atoms with Crippen LogP contribution in [0.4, 0.5) is 5.69 Å². The largest absolute Gasteiger partial charge is 0.478 e. The second-order valence-electron chi connectivity index (χ2n) is 3.05. The van der Waals surface area contributed by atoms with Gasteiger partial charge in [-0.15, -0.1) is 0 Å². The van der Waals surface area contributed by atoms with E-state index in [9.17, 15) is 4.79 Å². The fraction of sp³-hybridized carbons (Fsp3) is 0. The zero-order chi connectivity index (χ0) is 13.7. The van der Waals surface area contributed by atoms with Gasteiger partial charge in [-0.3, -0.25) is 0 Å². The first-order chi connectivity index (χ1) is 8.49. The minimum atomic E-state index is -1.17. The molecule has 0 aliphatic heterocycles. The summed E-state index contributed by atoms with van der Waals surface area (Å²) < 4.78 is 0. The fourth-order valence-electron chi connectivity index (χ4n) is 1.06. The number of hydrogen-bond acceptors (Lipinski definition) is 4. The van der Waals surface area contributed by atoms with Gasteiger partial charge in [0.05, 0.1) is 21.3 Å². The first-order valence-corrected chi connectivity index (χ1v) is 5.24. The van der Waals surface area contributed by atoms with Crippen molar-refractivity contribution in [3.63, 3.8) is 0 Å². The molecule has 0 radical (unpaired) electrons. The Kier molecular flexibility index (Phi) is 4.56. The van der Waals surface area contributed by atoms with Gasteiger partial charge >= 0.3 is 5.97 Å². The summed E-state index contributed by atoms with van der Waals surface area (Å²) >= 11 is 11.6. The van der Waals surface area contributed by atoms with Crippen molar-refractivity contribution in [2.75, 3.05) is 5.32 Å². The summed E-state index contributed by atoms with van der Waals surface area (Å²) in [7, 11) is 0. The average Bonchev–Trinajstić information content (AvgIpc) is 2.34. The molecule has 0 fully saturated rings. The van der Waals surface area contributed by atoms with Gasteiger partial charge in [-0.2, -0.15) is 10.5 Å². The molecule has 1 aromatic rings. The molecule has 0 heterocycles. The summed E-state index contributed by atoms with van der Waals surface area (Å²) in [6.45, 7) is 0. The highest BCUT2D eigenvalue weighted by molar-refractivity contribution is 6.44.